The first-order valence-corrected chi connectivity index (χ1v) is 11.7. The Bertz CT molecular complexity index is 1190. The minimum atomic E-state index is -2.80. The molecule has 2 unspecified atom stereocenters. The highest BCUT2D eigenvalue weighted by atomic mass is 19.3. The molecular weight excluding hydrogens is 446 g/mol. The van der Waals surface area contributed by atoms with E-state index in [0.29, 0.717) is 5.65 Å². The lowest BCUT2D eigenvalue weighted by Gasteiger charge is -2.32. The first-order valence-electron chi connectivity index (χ1n) is 11.7. The monoisotopic (exact) mass is 472 g/mol. The van der Waals surface area contributed by atoms with Gasteiger partial charge in [0.1, 0.15) is 11.4 Å². The van der Waals surface area contributed by atoms with E-state index in [1.165, 1.54) is 16.9 Å². The van der Waals surface area contributed by atoms with Gasteiger partial charge in [-0.2, -0.15) is 10.2 Å². The molecule has 10 nitrogen and oxygen atoms in total. The molecule has 0 spiro atoms. The average molecular weight is 473 g/mol. The number of halogens is 2. The summed E-state index contributed by atoms with van der Waals surface area (Å²) >= 11 is 0. The van der Waals surface area contributed by atoms with Crippen LogP contribution in [-0.2, 0) is 4.74 Å². The Balaban J connectivity index is 1.26. The van der Waals surface area contributed by atoms with Gasteiger partial charge in [0.15, 0.2) is 11.3 Å². The summed E-state index contributed by atoms with van der Waals surface area (Å²) in [6, 6.07) is 1.89. The van der Waals surface area contributed by atoms with E-state index in [0.717, 1.165) is 57.7 Å². The third kappa shape index (κ3) is 3.90. The molecule has 3 fully saturated rings. The molecule has 34 heavy (non-hydrogen) atoms. The van der Waals surface area contributed by atoms with E-state index < -0.39 is 18.0 Å². The molecule has 2 N–H and O–H groups in total. The second kappa shape index (κ2) is 8.58. The topological polar surface area (TPSA) is 102 Å². The van der Waals surface area contributed by atoms with Crippen molar-refractivity contribution in [3.8, 4) is 0 Å². The van der Waals surface area contributed by atoms with Gasteiger partial charge in [-0.05, 0) is 44.8 Å². The number of alkyl halides is 2. The van der Waals surface area contributed by atoms with Gasteiger partial charge >= 0.3 is 0 Å². The number of fused-ring (bicyclic) bond motifs is 3. The number of carbonyl (C=O) groups is 1. The maximum atomic E-state index is 13.7. The predicted molar refractivity (Wildman–Crippen MR) is 119 cm³/mol. The van der Waals surface area contributed by atoms with Gasteiger partial charge < -0.3 is 20.3 Å². The fourth-order valence-corrected chi connectivity index (χ4v) is 5.11. The van der Waals surface area contributed by atoms with Gasteiger partial charge in [0.25, 0.3) is 12.3 Å². The van der Waals surface area contributed by atoms with Crippen LogP contribution in [0.3, 0.4) is 0 Å². The molecule has 12 heteroatoms. The Morgan fingerprint density at radius 1 is 1.18 bits per heavy atom. The van der Waals surface area contributed by atoms with E-state index in [2.05, 4.69) is 30.7 Å². The van der Waals surface area contributed by atoms with Crippen molar-refractivity contribution in [1.29, 1.82) is 0 Å². The number of rotatable bonds is 5. The Morgan fingerprint density at radius 3 is 2.68 bits per heavy atom. The summed E-state index contributed by atoms with van der Waals surface area (Å²) in [5.41, 5.74) is 0.172. The summed E-state index contributed by atoms with van der Waals surface area (Å²) in [6.07, 6.45) is 5.94. The Hall–Kier alpha value is -3.12. The minimum absolute atomic E-state index is 0.0128. The normalized spacial score (nSPS) is 23.2. The summed E-state index contributed by atoms with van der Waals surface area (Å²) < 4.78 is 36.4. The van der Waals surface area contributed by atoms with Crippen molar-refractivity contribution in [3.05, 3.63) is 35.9 Å². The SMILES string of the molecule is O=C(Nc1cn(C2CCNCC2)nc1C(F)F)c1cnn2ccc(N3CC4CCC(C3)O4)nc12. The summed E-state index contributed by atoms with van der Waals surface area (Å²) in [5.74, 6) is 0.197. The largest absolute Gasteiger partial charge is 0.371 e. The van der Waals surface area contributed by atoms with Crippen molar-refractivity contribution in [2.75, 3.05) is 36.4 Å². The van der Waals surface area contributed by atoms with Crippen molar-refractivity contribution in [2.45, 2.75) is 50.4 Å². The van der Waals surface area contributed by atoms with E-state index in [9.17, 15) is 13.6 Å². The fraction of sp³-hybridized carbons (Fsp3) is 0.545. The van der Waals surface area contributed by atoms with Gasteiger partial charge in [0, 0.05) is 25.5 Å². The van der Waals surface area contributed by atoms with Crippen LogP contribution >= 0.6 is 0 Å². The van der Waals surface area contributed by atoms with Crippen molar-refractivity contribution in [1.82, 2.24) is 29.7 Å². The Labute approximate surface area is 194 Å². The number of ether oxygens (including phenoxy) is 1. The summed E-state index contributed by atoms with van der Waals surface area (Å²) in [5, 5.41) is 14.2. The molecule has 3 aromatic heterocycles. The quantitative estimate of drug-likeness (QED) is 0.588. The number of hydrogen-bond acceptors (Lipinski definition) is 7. The Kier molecular flexibility index (Phi) is 5.41. The highest BCUT2D eigenvalue weighted by molar-refractivity contribution is 6.08. The average Bonchev–Trinajstić information content (AvgIpc) is 3.55. The molecule has 2 bridgehead atoms. The van der Waals surface area contributed by atoms with Crippen LogP contribution in [0.15, 0.2) is 24.7 Å². The zero-order chi connectivity index (χ0) is 23.2. The van der Waals surface area contributed by atoms with Crippen molar-refractivity contribution < 1.29 is 18.3 Å². The molecule has 0 radical (unpaired) electrons. The van der Waals surface area contributed by atoms with Gasteiger partial charge in [-0.1, -0.05) is 0 Å². The van der Waals surface area contributed by atoms with Crippen LogP contribution in [0.1, 0.15) is 54.2 Å². The number of aromatic nitrogens is 5. The van der Waals surface area contributed by atoms with E-state index in [4.69, 9.17) is 4.74 Å². The van der Waals surface area contributed by atoms with Crippen LogP contribution in [0, 0.1) is 0 Å². The lowest BCUT2D eigenvalue weighted by Crippen LogP contribution is -2.43. The third-order valence-electron chi connectivity index (χ3n) is 6.86. The molecule has 3 aliphatic heterocycles. The standard InChI is InChI=1S/C22H26F2N8O2/c23-20(24)19-17(12-32(29-19)13-3-6-25-7-4-13)27-22(33)16-9-26-31-8-5-18(28-21(16)31)30-10-14-1-2-15(11-30)34-14/h5,8-9,12-15,20,25H,1-4,6-7,10-11H2,(H,27,33). The molecule has 6 rings (SSSR count). The summed E-state index contributed by atoms with van der Waals surface area (Å²) in [6.45, 7) is 3.11. The zero-order valence-corrected chi connectivity index (χ0v) is 18.5. The minimum Gasteiger partial charge on any atom is -0.371 e. The molecule has 3 aromatic rings. The van der Waals surface area contributed by atoms with Crippen LogP contribution < -0.4 is 15.5 Å². The summed E-state index contributed by atoms with van der Waals surface area (Å²) in [4.78, 5) is 20.0. The van der Waals surface area contributed by atoms with E-state index >= 15 is 0 Å². The highest BCUT2D eigenvalue weighted by Crippen LogP contribution is 2.31. The highest BCUT2D eigenvalue weighted by Gasteiger charge is 2.34. The molecule has 6 heterocycles. The van der Waals surface area contributed by atoms with Gasteiger partial charge in [-0.15, -0.1) is 0 Å². The number of amides is 1. The summed E-state index contributed by atoms with van der Waals surface area (Å²) in [7, 11) is 0. The van der Waals surface area contributed by atoms with Crippen molar-refractivity contribution >= 4 is 23.1 Å². The van der Waals surface area contributed by atoms with Crippen molar-refractivity contribution in [3.63, 3.8) is 0 Å². The smallest absolute Gasteiger partial charge is 0.284 e. The number of nitrogens with zero attached hydrogens (tertiary/aromatic N) is 6. The second-order valence-electron chi connectivity index (χ2n) is 9.12. The molecule has 180 valence electrons. The van der Waals surface area contributed by atoms with E-state index in [1.54, 1.807) is 10.9 Å². The molecular formula is C22H26F2N8O2. The lowest BCUT2D eigenvalue weighted by molar-refractivity contribution is 0.0302. The van der Waals surface area contributed by atoms with Gasteiger partial charge in [0.05, 0.1) is 30.1 Å². The first kappa shape index (κ1) is 21.4. The van der Waals surface area contributed by atoms with E-state index in [1.807, 2.05) is 6.07 Å². The molecule has 3 saturated heterocycles. The number of piperidine rings is 1. The predicted octanol–water partition coefficient (Wildman–Crippen LogP) is 2.41. The first-order chi connectivity index (χ1) is 16.5. The molecule has 1 amide bonds. The number of anilines is 2. The van der Waals surface area contributed by atoms with E-state index in [-0.39, 0.29) is 29.5 Å². The molecule has 0 aliphatic carbocycles. The second-order valence-corrected chi connectivity index (χ2v) is 9.12. The maximum Gasteiger partial charge on any atom is 0.284 e. The van der Waals surface area contributed by atoms with Gasteiger partial charge in [0.2, 0.25) is 0 Å². The lowest BCUT2D eigenvalue weighted by atomic mass is 10.1. The molecule has 0 aromatic carbocycles. The molecule has 3 aliphatic rings. The van der Waals surface area contributed by atoms with Crippen LogP contribution in [0.2, 0.25) is 0 Å². The Morgan fingerprint density at radius 2 is 1.94 bits per heavy atom. The maximum absolute atomic E-state index is 13.7. The molecule has 0 saturated carbocycles. The van der Waals surface area contributed by atoms with Crippen LogP contribution in [0.25, 0.3) is 5.65 Å². The number of morpholine rings is 1. The zero-order valence-electron chi connectivity index (χ0n) is 18.5. The van der Waals surface area contributed by atoms with Crippen LogP contribution in [0.4, 0.5) is 20.3 Å². The fourth-order valence-electron chi connectivity index (χ4n) is 5.11. The van der Waals surface area contributed by atoms with Crippen LogP contribution in [0.5, 0.6) is 0 Å². The van der Waals surface area contributed by atoms with Crippen LogP contribution in [-0.4, -0.2) is 68.7 Å². The van der Waals surface area contributed by atoms with Crippen molar-refractivity contribution in [2.24, 2.45) is 0 Å². The number of nitrogens with one attached hydrogen (secondary N) is 2. The third-order valence-corrected chi connectivity index (χ3v) is 6.86. The van der Waals surface area contributed by atoms with Gasteiger partial charge in [-0.25, -0.2) is 18.3 Å². The van der Waals surface area contributed by atoms with Gasteiger partial charge in [-0.3, -0.25) is 9.48 Å². The molecule has 2 atom stereocenters. The number of hydrogen-bond donors (Lipinski definition) is 2. The number of carbonyl (C=O) groups excluding carboxylic acids is 1.